The molecule has 2 heteroatoms. The Kier molecular flexibility index (Phi) is 6.04. The van der Waals surface area contributed by atoms with Crippen LogP contribution in [0.5, 0.6) is 0 Å². The molecule has 16 heavy (non-hydrogen) atoms. The fourth-order valence-corrected chi connectivity index (χ4v) is 2.59. The maximum absolute atomic E-state index is 11.9. The quantitative estimate of drug-likeness (QED) is 0.670. The van der Waals surface area contributed by atoms with E-state index in [4.69, 9.17) is 0 Å². The molecule has 1 saturated carbocycles. The molecule has 0 radical (unpaired) electrons. The van der Waals surface area contributed by atoms with E-state index in [0.29, 0.717) is 17.6 Å². The molecule has 0 aromatic carbocycles. The van der Waals surface area contributed by atoms with Gasteiger partial charge in [-0.15, -0.1) is 0 Å². The average Bonchev–Trinajstić information content (AvgIpc) is 2.42. The van der Waals surface area contributed by atoms with Crippen molar-refractivity contribution in [3.05, 3.63) is 0 Å². The van der Waals surface area contributed by atoms with Gasteiger partial charge in [0.25, 0.3) is 0 Å². The molecule has 1 fully saturated rings. The molecule has 1 unspecified atom stereocenters. The van der Waals surface area contributed by atoms with Crippen LogP contribution in [0.3, 0.4) is 0 Å². The zero-order valence-electron chi connectivity index (χ0n) is 11.2. The van der Waals surface area contributed by atoms with Crippen LogP contribution in [0.15, 0.2) is 0 Å². The van der Waals surface area contributed by atoms with Gasteiger partial charge in [0.1, 0.15) is 5.78 Å². The van der Waals surface area contributed by atoms with Crippen molar-refractivity contribution in [1.29, 1.82) is 0 Å². The Morgan fingerprint density at radius 3 is 2.69 bits per heavy atom. The lowest BCUT2D eigenvalue weighted by molar-refractivity contribution is -0.123. The minimum atomic E-state index is 0.321. The molecular weight excluding hydrogens is 198 g/mol. The molecule has 0 aromatic rings. The number of hydrogen-bond donors (Lipinski definition) is 0. The van der Waals surface area contributed by atoms with Crippen molar-refractivity contribution in [1.82, 2.24) is 4.90 Å². The maximum atomic E-state index is 11.9. The van der Waals surface area contributed by atoms with E-state index >= 15 is 0 Å². The average molecular weight is 225 g/mol. The third-order valence-corrected chi connectivity index (χ3v) is 3.48. The Morgan fingerprint density at radius 1 is 1.31 bits per heavy atom. The van der Waals surface area contributed by atoms with E-state index in [0.717, 1.165) is 38.9 Å². The highest BCUT2D eigenvalue weighted by molar-refractivity contribution is 5.81. The third kappa shape index (κ3) is 4.65. The first-order chi connectivity index (χ1) is 7.63. The smallest absolute Gasteiger partial charge is 0.137 e. The van der Waals surface area contributed by atoms with Gasteiger partial charge in [0.05, 0.1) is 0 Å². The van der Waals surface area contributed by atoms with E-state index < -0.39 is 0 Å². The minimum Gasteiger partial charge on any atom is -0.303 e. The zero-order valence-corrected chi connectivity index (χ0v) is 11.2. The number of ketones is 1. The largest absolute Gasteiger partial charge is 0.303 e. The monoisotopic (exact) mass is 225 g/mol. The van der Waals surface area contributed by atoms with Crippen LogP contribution in [-0.2, 0) is 4.79 Å². The van der Waals surface area contributed by atoms with Crippen LogP contribution in [0.2, 0.25) is 0 Å². The molecule has 0 aromatic heterocycles. The normalized spacial score (nSPS) is 22.8. The lowest BCUT2D eigenvalue weighted by Crippen LogP contribution is -2.35. The Hall–Kier alpha value is -0.370. The van der Waals surface area contributed by atoms with E-state index in [-0.39, 0.29) is 0 Å². The minimum absolute atomic E-state index is 0.321. The van der Waals surface area contributed by atoms with Crippen molar-refractivity contribution in [2.75, 3.05) is 19.6 Å². The molecule has 1 atom stereocenters. The molecule has 0 aliphatic heterocycles. The SMILES string of the molecule is CCN(CC(C)C)CC1CCCCCC1=O. The first-order valence-corrected chi connectivity index (χ1v) is 6.88. The summed E-state index contributed by atoms with van der Waals surface area (Å²) in [7, 11) is 0. The molecule has 0 amide bonds. The van der Waals surface area contributed by atoms with Gasteiger partial charge in [0.15, 0.2) is 0 Å². The van der Waals surface area contributed by atoms with Crippen LogP contribution >= 0.6 is 0 Å². The van der Waals surface area contributed by atoms with Crippen molar-refractivity contribution >= 4 is 5.78 Å². The van der Waals surface area contributed by atoms with Crippen molar-refractivity contribution in [3.63, 3.8) is 0 Å². The van der Waals surface area contributed by atoms with Gasteiger partial charge < -0.3 is 4.90 Å². The standard InChI is InChI=1S/C14H27NO/c1-4-15(10-12(2)3)11-13-8-6-5-7-9-14(13)16/h12-13H,4-11H2,1-3H3. The Bertz CT molecular complexity index is 213. The summed E-state index contributed by atoms with van der Waals surface area (Å²) >= 11 is 0. The molecule has 0 spiro atoms. The van der Waals surface area contributed by atoms with Gasteiger partial charge in [-0.3, -0.25) is 4.79 Å². The topological polar surface area (TPSA) is 20.3 Å². The fraction of sp³-hybridized carbons (Fsp3) is 0.929. The summed E-state index contributed by atoms with van der Waals surface area (Å²) in [6.45, 7) is 9.88. The predicted octanol–water partition coefficient (Wildman–Crippen LogP) is 3.11. The lowest BCUT2D eigenvalue weighted by atomic mass is 9.98. The van der Waals surface area contributed by atoms with E-state index in [1.807, 2.05) is 0 Å². The maximum Gasteiger partial charge on any atom is 0.137 e. The van der Waals surface area contributed by atoms with E-state index in [9.17, 15) is 4.79 Å². The van der Waals surface area contributed by atoms with Crippen LogP contribution < -0.4 is 0 Å². The van der Waals surface area contributed by atoms with Gasteiger partial charge in [-0.2, -0.15) is 0 Å². The highest BCUT2D eigenvalue weighted by Crippen LogP contribution is 2.21. The second-order valence-electron chi connectivity index (χ2n) is 5.51. The summed E-state index contributed by atoms with van der Waals surface area (Å²) in [6, 6.07) is 0. The molecular formula is C14H27NO. The van der Waals surface area contributed by atoms with Gasteiger partial charge >= 0.3 is 0 Å². The summed E-state index contributed by atoms with van der Waals surface area (Å²) < 4.78 is 0. The van der Waals surface area contributed by atoms with Crippen LogP contribution in [0.4, 0.5) is 0 Å². The lowest BCUT2D eigenvalue weighted by Gasteiger charge is -2.26. The summed E-state index contributed by atoms with van der Waals surface area (Å²) in [5.41, 5.74) is 0. The fourth-order valence-electron chi connectivity index (χ4n) is 2.59. The van der Waals surface area contributed by atoms with Crippen molar-refractivity contribution in [3.8, 4) is 0 Å². The van der Waals surface area contributed by atoms with Crippen molar-refractivity contribution < 1.29 is 4.79 Å². The number of Topliss-reactive ketones (excluding diaryl/α,β-unsaturated/α-hetero) is 1. The molecule has 0 heterocycles. The molecule has 1 rings (SSSR count). The van der Waals surface area contributed by atoms with E-state index in [2.05, 4.69) is 25.7 Å². The van der Waals surface area contributed by atoms with Crippen LogP contribution in [0.25, 0.3) is 0 Å². The molecule has 0 saturated heterocycles. The molecule has 0 N–H and O–H groups in total. The number of hydrogen-bond acceptors (Lipinski definition) is 2. The Balaban J connectivity index is 2.45. The van der Waals surface area contributed by atoms with E-state index in [1.54, 1.807) is 0 Å². The van der Waals surface area contributed by atoms with Gasteiger partial charge in [0, 0.05) is 25.4 Å². The molecule has 0 bridgehead atoms. The molecule has 2 nitrogen and oxygen atoms in total. The second kappa shape index (κ2) is 7.05. The first kappa shape index (κ1) is 13.7. The molecule has 94 valence electrons. The summed E-state index contributed by atoms with van der Waals surface area (Å²) in [6.07, 6.45) is 5.55. The van der Waals surface area contributed by atoms with Gasteiger partial charge in [0.2, 0.25) is 0 Å². The predicted molar refractivity (Wildman–Crippen MR) is 68.5 cm³/mol. The second-order valence-corrected chi connectivity index (χ2v) is 5.51. The first-order valence-electron chi connectivity index (χ1n) is 6.88. The van der Waals surface area contributed by atoms with Crippen molar-refractivity contribution in [2.45, 2.75) is 52.9 Å². The van der Waals surface area contributed by atoms with Crippen molar-refractivity contribution in [2.24, 2.45) is 11.8 Å². The highest BCUT2D eigenvalue weighted by Gasteiger charge is 2.22. The van der Waals surface area contributed by atoms with Gasteiger partial charge in [-0.05, 0) is 25.3 Å². The summed E-state index contributed by atoms with van der Waals surface area (Å²) in [4.78, 5) is 14.4. The highest BCUT2D eigenvalue weighted by atomic mass is 16.1. The van der Waals surface area contributed by atoms with Gasteiger partial charge in [-0.25, -0.2) is 0 Å². The molecule has 1 aliphatic carbocycles. The van der Waals surface area contributed by atoms with Gasteiger partial charge in [-0.1, -0.05) is 33.6 Å². The zero-order chi connectivity index (χ0) is 12.0. The summed E-state index contributed by atoms with van der Waals surface area (Å²) in [5.74, 6) is 1.53. The number of carbonyl (C=O) groups excluding carboxylic acids is 1. The number of rotatable bonds is 5. The number of carbonyl (C=O) groups is 1. The Labute approximate surface area is 100 Å². The summed E-state index contributed by atoms with van der Waals surface area (Å²) in [5, 5.41) is 0. The Morgan fingerprint density at radius 2 is 2.06 bits per heavy atom. The van der Waals surface area contributed by atoms with Crippen LogP contribution in [0.1, 0.15) is 52.9 Å². The molecule has 1 aliphatic rings. The number of nitrogens with zero attached hydrogens (tertiary/aromatic N) is 1. The van der Waals surface area contributed by atoms with Crippen LogP contribution in [0, 0.1) is 11.8 Å². The third-order valence-electron chi connectivity index (χ3n) is 3.48. The van der Waals surface area contributed by atoms with E-state index in [1.165, 1.54) is 12.8 Å². The van der Waals surface area contributed by atoms with Crippen LogP contribution in [-0.4, -0.2) is 30.3 Å².